The minimum Gasteiger partial charge on any atom is -0.453 e. The topological polar surface area (TPSA) is 127 Å². The number of hydrogen-bond acceptors (Lipinski definition) is 6. The number of benzene rings is 2. The first-order chi connectivity index (χ1) is 18.6. The third-order valence-electron chi connectivity index (χ3n) is 6.65. The number of aliphatic hydroxyl groups is 1. The number of ether oxygens (including phenoxy) is 1. The number of pyridine rings is 1. The van der Waals surface area contributed by atoms with Gasteiger partial charge in [0.15, 0.2) is 0 Å². The Labute approximate surface area is 231 Å². The molecule has 0 saturated heterocycles. The first kappa shape index (κ1) is 29.8. The van der Waals surface area contributed by atoms with Crippen molar-refractivity contribution in [1.29, 1.82) is 0 Å². The van der Waals surface area contributed by atoms with Crippen LogP contribution in [-0.4, -0.2) is 53.4 Å². The highest BCUT2D eigenvalue weighted by atomic mass is 16.5. The Hall–Kier alpha value is -3.75. The van der Waals surface area contributed by atoms with Crippen LogP contribution in [0.1, 0.15) is 38.3 Å². The summed E-state index contributed by atoms with van der Waals surface area (Å²) in [5, 5.41) is 16.7. The van der Waals surface area contributed by atoms with Gasteiger partial charge in [0.05, 0.1) is 18.9 Å². The van der Waals surface area contributed by atoms with Crippen molar-refractivity contribution in [3.63, 3.8) is 0 Å². The van der Waals surface area contributed by atoms with Gasteiger partial charge in [-0.3, -0.25) is 9.78 Å². The van der Waals surface area contributed by atoms with E-state index in [2.05, 4.69) is 15.6 Å². The van der Waals surface area contributed by atoms with E-state index in [4.69, 9.17) is 10.5 Å². The van der Waals surface area contributed by atoms with Crippen LogP contribution in [0, 0.1) is 5.41 Å². The number of amides is 2. The van der Waals surface area contributed by atoms with Crippen LogP contribution in [0.15, 0.2) is 79.0 Å². The van der Waals surface area contributed by atoms with Crippen molar-refractivity contribution in [2.24, 2.45) is 11.1 Å². The maximum atomic E-state index is 13.4. The molecule has 0 bridgehead atoms. The molecule has 5 N–H and O–H groups in total. The van der Waals surface area contributed by atoms with E-state index in [-0.39, 0.29) is 12.3 Å². The largest absolute Gasteiger partial charge is 0.453 e. The third kappa shape index (κ3) is 9.19. The molecule has 8 heteroatoms. The van der Waals surface area contributed by atoms with Crippen molar-refractivity contribution in [2.45, 2.75) is 64.3 Å². The summed E-state index contributed by atoms with van der Waals surface area (Å²) in [6, 6.07) is 21.7. The summed E-state index contributed by atoms with van der Waals surface area (Å²) in [6.45, 7) is 5.59. The monoisotopic (exact) mass is 532 g/mol. The van der Waals surface area contributed by atoms with E-state index in [1.165, 1.54) is 7.11 Å². The third-order valence-corrected chi connectivity index (χ3v) is 6.65. The Morgan fingerprint density at radius 3 is 2.15 bits per heavy atom. The fourth-order valence-electron chi connectivity index (χ4n) is 4.45. The molecule has 2 aromatic carbocycles. The summed E-state index contributed by atoms with van der Waals surface area (Å²) in [5.41, 5.74) is 9.68. The zero-order valence-corrected chi connectivity index (χ0v) is 23.1. The van der Waals surface area contributed by atoms with Gasteiger partial charge in [-0.25, -0.2) is 4.79 Å². The number of nitrogens with zero attached hydrogens (tertiary/aromatic N) is 1. The standard InChI is InChI=1S/C31H40N4O4/c1-31(2,3)28(35-30(38)39-4)29(37)34-24(20-27(36)25(32)19-21-10-6-5-7-11-21)18-22-13-15-23(16-14-22)26-12-8-9-17-33-26/h5-17,24-25,27-28,36H,18-20,32H2,1-4H3,(H,34,37)(H,35,38)/t24-,25+,27-,28-/m1/s1. The van der Waals surface area contributed by atoms with Crippen molar-refractivity contribution in [1.82, 2.24) is 15.6 Å². The Bertz CT molecular complexity index is 1180. The Balaban J connectivity index is 1.78. The van der Waals surface area contributed by atoms with Crippen molar-refractivity contribution >= 4 is 12.0 Å². The minimum atomic E-state index is -0.857. The lowest BCUT2D eigenvalue weighted by Gasteiger charge is -2.32. The first-order valence-electron chi connectivity index (χ1n) is 13.2. The summed E-state index contributed by atoms with van der Waals surface area (Å²) in [6.07, 6.45) is 1.44. The van der Waals surface area contributed by atoms with Crippen LogP contribution in [0.2, 0.25) is 0 Å². The molecular weight excluding hydrogens is 492 g/mol. The van der Waals surface area contributed by atoms with Gasteiger partial charge in [0.1, 0.15) is 6.04 Å². The van der Waals surface area contributed by atoms with Gasteiger partial charge in [-0.05, 0) is 47.9 Å². The van der Waals surface area contributed by atoms with Gasteiger partial charge in [-0.1, -0.05) is 81.4 Å². The molecule has 0 aliphatic rings. The highest BCUT2D eigenvalue weighted by Gasteiger charge is 2.34. The van der Waals surface area contributed by atoms with E-state index in [0.29, 0.717) is 12.8 Å². The molecule has 0 unspecified atom stereocenters. The second-order valence-corrected chi connectivity index (χ2v) is 10.9. The molecule has 1 heterocycles. The maximum absolute atomic E-state index is 13.4. The number of carbonyl (C=O) groups excluding carboxylic acids is 2. The zero-order valence-electron chi connectivity index (χ0n) is 23.1. The number of hydrogen-bond donors (Lipinski definition) is 4. The number of alkyl carbamates (subject to hydrolysis) is 1. The molecule has 4 atom stereocenters. The van der Waals surface area contributed by atoms with Crippen molar-refractivity contribution in [3.8, 4) is 11.3 Å². The maximum Gasteiger partial charge on any atom is 0.407 e. The molecule has 2 amide bonds. The van der Waals surface area contributed by atoms with E-state index in [1.807, 2.05) is 93.6 Å². The molecule has 0 saturated carbocycles. The summed E-state index contributed by atoms with van der Waals surface area (Å²) < 4.78 is 4.74. The number of carbonyl (C=O) groups is 2. The number of nitrogens with two attached hydrogens (primary N) is 1. The van der Waals surface area contributed by atoms with Gasteiger partial charge in [-0.15, -0.1) is 0 Å². The number of aromatic nitrogens is 1. The average Bonchev–Trinajstić information content (AvgIpc) is 2.92. The normalized spacial score (nSPS) is 14.5. The van der Waals surface area contributed by atoms with Crippen molar-refractivity contribution in [3.05, 3.63) is 90.1 Å². The minimum absolute atomic E-state index is 0.247. The molecule has 0 spiro atoms. The molecule has 0 aliphatic carbocycles. The van der Waals surface area contributed by atoms with Crippen LogP contribution in [0.3, 0.4) is 0 Å². The summed E-state index contributed by atoms with van der Waals surface area (Å²) in [7, 11) is 1.26. The van der Waals surface area contributed by atoms with Crippen LogP contribution in [0.4, 0.5) is 4.79 Å². The van der Waals surface area contributed by atoms with Gasteiger partial charge >= 0.3 is 6.09 Å². The Kier molecular flexibility index (Phi) is 10.6. The van der Waals surface area contributed by atoms with Crippen molar-refractivity contribution in [2.75, 3.05) is 7.11 Å². The fraction of sp³-hybridized carbons (Fsp3) is 0.387. The molecule has 208 valence electrons. The van der Waals surface area contributed by atoms with Crippen LogP contribution in [-0.2, 0) is 22.4 Å². The second kappa shape index (κ2) is 13.9. The summed E-state index contributed by atoms with van der Waals surface area (Å²) in [4.78, 5) is 29.8. The van der Waals surface area contributed by atoms with Crippen LogP contribution in [0.25, 0.3) is 11.3 Å². The quantitative estimate of drug-likeness (QED) is 0.297. The lowest BCUT2D eigenvalue weighted by Crippen LogP contribution is -2.56. The molecular formula is C31H40N4O4. The molecule has 8 nitrogen and oxygen atoms in total. The van der Waals surface area contributed by atoms with Crippen LogP contribution in [0.5, 0.6) is 0 Å². The van der Waals surface area contributed by atoms with E-state index in [0.717, 1.165) is 22.4 Å². The lowest BCUT2D eigenvalue weighted by atomic mass is 9.85. The van der Waals surface area contributed by atoms with Gasteiger partial charge in [-0.2, -0.15) is 0 Å². The Morgan fingerprint density at radius 2 is 1.56 bits per heavy atom. The Morgan fingerprint density at radius 1 is 0.923 bits per heavy atom. The van der Waals surface area contributed by atoms with Crippen LogP contribution < -0.4 is 16.4 Å². The van der Waals surface area contributed by atoms with Gasteiger partial charge < -0.3 is 26.2 Å². The summed E-state index contributed by atoms with van der Waals surface area (Å²) in [5.74, 6) is -0.355. The SMILES string of the molecule is COC(=O)N[C@H](C(=O)N[C@H](Cc1ccc(-c2ccccn2)cc1)C[C@@H](O)[C@@H](N)Cc1ccccc1)C(C)(C)C. The molecule has 0 aliphatic heterocycles. The van der Waals surface area contributed by atoms with E-state index in [9.17, 15) is 14.7 Å². The van der Waals surface area contributed by atoms with E-state index >= 15 is 0 Å². The van der Waals surface area contributed by atoms with Gasteiger partial charge in [0.2, 0.25) is 5.91 Å². The van der Waals surface area contributed by atoms with Gasteiger partial charge in [0, 0.05) is 23.8 Å². The van der Waals surface area contributed by atoms with Crippen molar-refractivity contribution < 1.29 is 19.4 Å². The number of methoxy groups -OCH3 is 1. The van der Waals surface area contributed by atoms with Gasteiger partial charge in [0.25, 0.3) is 0 Å². The fourth-order valence-corrected chi connectivity index (χ4v) is 4.45. The molecule has 0 radical (unpaired) electrons. The number of aliphatic hydroxyl groups excluding tert-OH is 1. The van der Waals surface area contributed by atoms with E-state index < -0.39 is 35.7 Å². The second-order valence-electron chi connectivity index (χ2n) is 10.9. The predicted octanol–water partition coefficient (Wildman–Crippen LogP) is 3.87. The van der Waals surface area contributed by atoms with Crippen LogP contribution >= 0.6 is 0 Å². The number of nitrogens with one attached hydrogen (secondary N) is 2. The average molecular weight is 533 g/mol. The highest BCUT2D eigenvalue weighted by Crippen LogP contribution is 2.22. The molecule has 3 aromatic rings. The first-order valence-corrected chi connectivity index (χ1v) is 13.2. The molecule has 0 fully saturated rings. The summed E-state index contributed by atoms with van der Waals surface area (Å²) >= 11 is 0. The van der Waals surface area contributed by atoms with E-state index in [1.54, 1.807) is 6.20 Å². The highest BCUT2D eigenvalue weighted by molar-refractivity contribution is 5.86. The smallest absolute Gasteiger partial charge is 0.407 e. The molecule has 1 aromatic heterocycles. The molecule has 39 heavy (non-hydrogen) atoms. The molecule has 3 rings (SSSR count). The lowest BCUT2D eigenvalue weighted by molar-refractivity contribution is -0.126. The number of rotatable bonds is 11. The zero-order chi connectivity index (χ0) is 28.4. The predicted molar refractivity (Wildman–Crippen MR) is 153 cm³/mol.